The van der Waals surface area contributed by atoms with Gasteiger partial charge >= 0.3 is 18.4 Å². The molecule has 278 valence electrons. The van der Waals surface area contributed by atoms with E-state index in [-0.39, 0.29) is 76.7 Å². The maximum atomic E-state index is 13.0. The number of aliphatic hydroxyl groups is 1. The number of ether oxygens (including phenoxy) is 3. The van der Waals surface area contributed by atoms with E-state index in [2.05, 4.69) is 33.0 Å². The molecule has 2 saturated heterocycles. The van der Waals surface area contributed by atoms with Gasteiger partial charge in [-0.25, -0.2) is 9.59 Å². The Kier molecular flexibility index (Phi) is 8.23. The summed E-state index contributed by atoms with van der Waals surface area (Å²) in [5.74, 6) is 0.720. The van der Waals surface area contributed by atoms with E-state index >= 15 is 0 Å². The molecule has 49 heavy (non-hydrogen) atoms. The van der Waals surface area contributed by atoms with E-state index in [0.717, 1.165) is 44.9 Å². The van der Waals surface area contributed by atoms with E-state index in [1.165, 1.54) is 4.90 Å². The maximum Gasteiger partial charge on any atom is 0.407 e. The van der Waals surface area contributed by atoms with E-state index in [1.54, 1.807) is 0 Å². The highest BCUT2D eigenvalue weighted by Gasteiger charge is 2.85. The molecule has 13 unspecified atom stereocenters. The van der Waals surface area contributed by atoms with Crippen molar-refractivity contribution in [2.45, 2.75) is 141 Å². The smallest absolute Gasteiger partial charge is 0.407 e. The highest BCUT2D eigenvalue weighted by Crippen LogP contribution is 2.87. The van der Waals surface area contributed by atoms with Crippen LogP contribution in [0.1, 0.15) is 92.9 Å². The van der Waals surface area contributed by atoms with Crippen LogP contribution in [0.4, 0.5) is 22.8 Å². The monoisotopic (exact) mass is 698 g/mol. The number of nitrogens with two attached hydrogens (primary N) is 2. The molecule has 7 rings (SSSR count). The third-order valence-electron chi connectivity index (χ3n) is 15.5. The number of primary amides is 1. The molecule has 10 nitrogen and oxygen atoms in total. The number of alkyl carbamates (subject to hydrolysis) is 1. The van der Waals surface area contributed by atoms with E-state index < -0.39 is 48.8 Å². The van der Waals surface area contributed by atoms with Crippen LogP contribution in [0.15, 0.2) is 0 Å². The Morgan fingerprint density at radius 2 is 1.71 bits per heavy atom. The van der Waals surface area contributed by atoms with Gasteiger partial charge in [0, 0.05) is 18.5 Å². The lowest BCUT2D eigenvalue weighted by atomic mass is 9.43. The Hall–Kier alpha value is -1.83. The van der Waals surface area contributed by atoms with Gasteiger partial charge in [0.25, 0.3) is 0 Å². The van der Waals surface area contributed by atoms with Crippen LogP contribution in [0.5, 0.6) is 0 Å². The first-order chi connectivity index (χ1) is 22.7. The molecule has 5 aliphatic carbocycles. The summed E-state index contributed by atoms with van der Waals surface area (Å²) in [5, 5.41) is 15.1. The summed E-state index contributed by atoms with van der Waals surface area (Å²) in [4.78, 5) is 26.0. The summed E-state index contributed by atoms with van der Waals surface area (Å²) < 4.78 is 56.4. The van der Waals surface area contributed by atoms with E-state index in [1.807, 2.05) is 13.8 Å². The molecule has 0 radical (unpaired) electrons. The van der Waals surface area contributed by atoms with Gasteiger partial charge in [0.05, 0.1) is 36.4 Å². The normalized spacial score (nSPS) is 47.8. The van der Waals surface area contributed by atoms with Crippen molar-refractivity contribution in [2.24, 2.45) is 62.7 Å². The fourth-order valence-corrected chi connectivity index (χ4v) is 13.5. The molecule has 13 atom stereocenters. The van der Waals surface area contributed by atoms with Crippen molar-refractivity contribution in [2.75, 3.05) is 19.6 Å². The Bertz CT molecular complexity index is 1340. The molecular formula is C36H57F3N4O6. The molecule has 0 aromatic carbocycles. The van der Waals surface area contributed by atoms with Gasteiger partial charge in [-0.15, -0.1) is 0 Å². The number of hydrogen-bond donors (Lipinski definition) is 4. The third-order valence-corrected chi connectivity index (χ3v) is 15.5. The van der Waals surface area contributed by atoms with Gasteiger partial charge in [0.15, 0.2) is 0 Å². The number of carbonyl (C=O) groups excluding carboxylic acids is 2. The topological polar surface area (TPSA) is 149 Å². The lowest BCUT2D eigenvalue weighted by Gasteiger charge is -2.63. The first-order valence-electron chi connectivity index (χ1n) is 18.5. The van der Waals surface area contributed by atoms with Crippen molar-refractivity contribution in [3.05, 3.63) is 0 Å². The van der Waals surface area contributed by atoms with Crippen LogP contribution in [0.2, 0.25) is 0 Å². The van der Waals surface area contributed by atoms with Crippen molar-refractivity contribution in [3.63, 3.8) is 0 Å². The summed E-state index contributed by atoms with van der Waals surface area (Å²) >= 11 is 0. The number of rotatable bonds is 6. The van der Waals surface area contributed by atoms with Gasteiger partial charge in [-0.1, -0.05) is 41.5 Å². The summed E-state index contributed by atoms with van der Waals surface area (Å²) in [5.41, 5.74) is 11.8. The number of nitrogens with zero attached hydrogens (tertiary/aromatic N) is 1. The maximum absolute atomic E-state index is 13.0. The van der Waals surface area contributed by atoms with Crippen molar-refractivity contribution < 1.29 is 42.1 Å². The molecule has 7 aliphatic rings. The van der Waals surface area contributed by atoms with Crippen molar-refractivity contribution in [3.8, 4) is 0 Å². The average molecular weight is 699 g/mol. The predicted molar refractivity (Wildman–Crippen MR) is 174 cm³/mol. The van der Waals surface area contributed by atoms with Crippen LogP contribution in [0.3, 0.4) is 0 Å². The molecule has 2 aliphatic heterocycles. The summed E-state index contributed by atoms with van der Waals surface area (Å²) in [7, 11) is 0. The largest absolute Gasteiger partial charge is 0.446 e. The van der Waals surface area contributed by atoms with Crippen molar-refractivity contribution >= 4 is 12.2 Å². The Labute approximate surface area is 287 Å². The second kappa shape index (κ2) is 11.3. The molecule has 2 heterocycles. The fourth-order valence-electron chi connectivity index (χ4n) is 13.5. The summed E-state index contributed by atoms with van der Waals surface area (Å²) in [6.45, 7) is 12.2. The van der Waals surface area contributed by atoms with Crippen molar-refractivity contribution in [1.29, 1.82) is 0 Å². The lowest BCUT2D eigenvalue weighted by molar-refractivity contribution is -0.177. The van der Waals surface area contributed by atoms with Crippen LogP contribution in [0.25, 0.3) is 0 Å². The summed E-state index contributed by atoms with van der Waals surface area (Å²) in [6.07, 6.45) is -0.966. The molecule has 6 N–H and O–H groups in total. The van der Waals surface area contributed by atoms with Crippen LogP contribution < -0.4 is 16.8 Å². The van der Waals surface area contributed by atoms with Gasteiger partial charge in [-0.2, -0.15) is 13.2 Å². The molecule has 2 spiro atoms. The first kappa shape index (κ1) is 35.6. The minimum atomic E-state index is -4.25. The second-order valence-corrected chi connectivity index (χ2v) is 18.4. The third kappa shape index (κ3) is 5.08. The highest BCUT2D eigenvalue weighted by molar-refractivity contribution is 5.68. The van der Waals surface area contributed by atoms with Crippen LogP contribution in [-0.2, 0) is 14.2 Å². The molecular weight excluding hydrogens is 641 g/mol. The van der Waals surface area contributed by atoms with Gasteiger partial charge < -0.3 is 36.1 Å². The van der Waals surface area contributed by atoms with Gasteiger partial charge in [-0.3, -0.25) is 4.90 Å². The zero-order valence-electron chi connectivity index (χ0n) is 29.9. The lowest BCUT2D eigenvalue weighted by Crippen LogP contribution is -2.70. The molecule has 13 heteroatoms. The number of nitrogens with one attached hydrogen (secondary N) is 1. The Morgan fingerprint density at radius 3 is 2.35 bits per heavy atom. The number of alkyl halides is 3. The fraction of sp³-hybridized carbons (Fsp3) is 0.944. The quantitative estimate of drug-likeness (QED) is 0.305. The molecule has 0 aromatic heterocycles. The molecule has 2 amide bonds. The minimum absolute atomic E-state index is 0.00487. The Morgan fingerprint density at radius 1 is 1.06 bits per heavy atom. The first-order valence-corrected chi connectivity index (χ1v) is 18.5. The van der Waals surface area contributed by atoms with Crippen LogP contribution in [-0.4, -0.2) is 90.1 Å². The number of likely N-dealkylation sites (tertiary alicyclic amines) is 1. The van der Waals surface area contributed by atoms with E-state index in [4.69, 9.17) is 25.7 Å². The van der Waals surface area contributed by atoms with Crippen LogP contribution >= 0.6 is 0 Å². The van der Waals surface area contributed by atoms with Gasteiger partial charge in [-0.05, 0) is 97.2 Å². The summed E-state index contributed by atoms with van der Waals surface area (Å²) in [6, 6.07) is -0.345. The number of halogens is 3. The number of amides is 2. The average Bonchev–Trinajstić information content (AvgIpc) is 3.60. The van der Waals surface area contributed by atoms with E-state index in [9.17, 15) is 27.9 Å². The van der Waals surface area contributed by atoms with Crippen molar-refractivity contribution in [1.82, 2.24) is 10.2 Å². The number of aliphatic hydroxyl groups excluding tert-OH is 1. The predicted octanol–water partition coefficient (Wildman–Crippen LogP) is 4.95. The molecule has 0 aromatic rings. The number of carbonyl (C=O) groups is 2. The SMILES string of the molecule is CC(C)C(OC(N)=O)C1CC(C)C2C(O1)C(O)C1(N)C3CCC4C(C)(C)C(OC(=O)NC5CN(CC(F)(F)F)C5)CCC45CC35CCC21C. The minimum Gasteiger partial charge on any atom is -0.446 e. The zero-order chi connectivity index (χ0) is 35.7. The van der Waals surface area contributed by atoms with Gasteiger partial charge in [0.2, 0.25) is 0 Å². The molecule has 0 bridgehead atoms. The molecule has 5 saturated carbocycles. The molecule has 7 fully saturated rings. The number of fused-ring (bicyclic) bond motifs is 4. The van der Waals surface area contributed by atoms with Crippen LogP contribution in [0, 0.1) is 51.2 Å². The van der Waals surface area contributed by atoms with Gasteiger partial charge in [0.1, 0.15) is 12.2 Å². The zero-order valence-corrected chi connectivity index (χ0v) is 29.9. The Balaban J connectivity index is 1.06. The second-order valence-electron chi connectivity index (χ2n) is 18.4. The highest BCUT2D eigenvalue weighted by atomic mass is 19.4. The van der Waals surface area contributed by atoms with E-state index in [0.29, 0.717) is 12.3 Å². The standard InChI is InChI=1S/C36H57F3N4O6/c1-18(2)26(49-29(40)45)21-13-19(3)25-27(47-21)28(44)36(41)23-8-7-22-31(4,5)24(9-10-33(22)16-34(23,33)12-11-32(25,36)6)48-30(46)42-20-14-43(15-20)17-35(37,38)39/h18-28,44H,7-17,41H2,1-6H3,(H2,40,45)(H,42,46). The number of hydrogen-bond acceptors (Lipinski definition) is 8.